The molecular formula is C23H19N7O. The first-order valence-electron chi connectivity index (χ1n) is 9.79. The fraction of sp³-hybridized carbons (Fsp3) is 0.0435. The summed E-state index contributed by atoms with van der Waals surface area (Å²) in [6.07, 6.45) is 5.42. The van der Waals surface area contributed by atoms with Gasteiger partial charge in [0.1, 0.15) is 6.54 Å². The maximum absolute atomic E-state index is 12.5. The van der Waals surface area contributed by atoms with Crippen LogP contribution in [0.15, 0.2) is 91.4 Å². The molecule has 0 aliphatic heterocycles. The van der Waals surface area contributed by atoms with Crippen molar-refractivity contribution in [2.24, 2.45) is 0 Å². The molecule has 3 aromatic heterocycles. The monoisotopic (exact) mass is 409 g/mol. The molecule has 2 N–H and O–H groups in total. The van der Waals surface area contributed by atoms with E-state index >= 15 is 0 Å². The van der Waals surface area contributed by atoms with Crippen LogP contribution >= 0.6 is 0 Å². The van der Waals surface area contributed by atoms with E-state index in [9.17, 15) is 4.79 Å². The second kappa shape index (κ2) is 8.11. The van der Waals surface area contributed by atoms with Gasteiger partial charge in [-0.15, -0.1) is 10.2 Å². The topological polar surface area (TPSA) is 89.7 Å². The smallest absolute Gasteiger partial charge is 0.244 e. The number of hydrogen-bond acceptors (Lipinski definition) is 5. The van der Waals surface area contributed by atoms with Gasteiger partial charge in [0, 0.05) is 35.5 Å². The second-order valence-electron chi connectivity index (χ2n) is 6.98. The lowest BCUT2D eigenvalue weighted by molar-refractivity contribution is -0.116. The minimum atomic E-state index is -0.0814. The van der Waals surface area contributed by atoms with Gasteiger partial charge in [-0.05, 0) is 60.0 Å². The summed E-state index contributed by atoms with van der Waals surface area (Å²) in [5.74, 6) is 1.18. The SMILES string of the molecule is O=C(Cn1ccc2ccccc21)Nc1ccc(Nc2ccc(-n3cccn3)nn2)cc1. The molecule has 5 rings (SSSR count). The van der Waals surface area contributed by atoms with Crippen molar-refractivity contribution in [1.82, 2.24) is 24.5 Å². The van der Waals surface area contributed by atoms with Crippen LogP contribution in [0.4, 0.5) is 17.2 Å². The molecule has 2 aromatic carbocycles. The Bertz CT molecular complexity index is 1310. The van der Waals surface area contributed by atoms with Crippen LogP contribution in [-0.4, -0.2) is 30.5 Å². The van der Waals surface area contributed by atoms with E-state index in [4.69, 9.17) is 0 Å². The average Bonchev–Trinajstić information content (AvgIpc) is 3.47. The van der Waals surface area contributed by atoms with Crippen molar-refractivity contribution in [2.75, 3.05) is 10.6 Å². The standard InChI is InChI=1S/C23H19N7O/c31-23(16-29-15-12-17-4-1-2-5-20(17)29)26-19-8-6-18(7-9-19)25-21-10-11-22(28-27-21)30-14-3-13-24-30/h1-15H,16H2,(H,25,27)(H,26,31). The van der Waals surface area contributed by atoms with E-state index in [2.05, 4.69) is 25.9 Å². The van der Waals surface area contributed by atoms with Crippen molar-refractivity contribution in [3.8, 4) is 5.82 Å². The summed E-state index contributed by atoms with van der Waals surface area (Å²) in [6.45, 7) is 0.256. The van der Waals surface area contributed by atoms with Gasteiger partial charge in [0.25, 0.3) is 0 Å². The predicted molar refractivity (Wildman–Crippen MR) is 119 cm³/mol. The molecule has 0 radical (unpaired) electrons. The Kier molecular flexibility index (Phi) is 4.86. The largest absolute Gasteiger partial charge is 0.339 e. The number of carbonyl (C=O) groups excluding carboxylic acids is 1. The fourth-order valence-corrected chi connectivity index (χ4v) is 3.34. The third kappa shape index (κ3) is 4.13. The summed E-state index contributed by atoms with van der Waals surface area (Å²) in [5.41, 5.74) is 2.61. The van der Waals surface area contributed by atoms with Gasteiger partial charge in [0.05, 0.1) is 0 Å². The number of nitrogens with zero attached hydrogens (tertiary/aromatic N) is 5. The highest BCUT2D eigenvalue weighted by molar-refractivity contribution is 5.92. The van der Waals surface area contributed by atoms with Gasteiger partial charge in [0.15, 0.2) is 11.6 Å². The molecule has 5 aromatic rings. The van der Waals surface area contributed by atoms with Gasteiger partial charge < -0.3 is 15.2 Å². The first-order valence-corrected chi connectivity index (χ1v) is 9.79. The Morgan fingerprint density at radius 1 is 0.839 bits per heavy atom. The van der Waals surface area contributed by atoms with Crippen molar-refractivity contribution < 1.29 is 4.79 Å². The highest BCUT2D eigenvalue weighted by Gasteiger charge is 2.07. The molecule has 1 amide bonds. The van der Waals surface area contributed by atoms with Crippen molar-refractivity contribution in [3.63, 3.8) is 0 Å². The van der Waals surface area contributed by atoms with Crippen molar-refractivity contribution >= 4 is 34.0 Å². The van der Waals surface area contributed by atoms with E-state index in [0.717, 1.165) is 22.3 Å². The second-order valence-corrected chi connectivity index (χ2v) is 6.98. The van der Waals surface area contributed by atoms with Gasteiger partial charge in [-0.1, -0.05) is 18.2 Å². The zero-order valence-corrected chi connectivity index (χ0v) is 16.5. The molecular weight excluding hydrogens is 390 g/mol. The van der Waals surface area contributed by atoms with E-state index in [1.54, 1.807) is 10.9 Å². The molecule has 31 heavy (non-hydrogen) atoms. The lowest BCUT2D eigenvalue weighted by Gasteiger charge is -2.09. The highest BCUT2D eigenvalue weighted by Crippen LogP contribution is 2.19. The normalized spacial score (nSPS) is 10.8. The molecule has 8 nitrogen and oxygen atoms in total. The molecule has 3 heterocycles. The summed E-state index contributed by atoms with van der Waals surface area (Å²) >= 11 is 0. The van der Waals surface area contributed by atoms with Crippen LogP contribution in [0.25, 0.3) is 16.7 Å². The van der Waals surface area contributed by atoms with Crippen LogP contribution < -0.4 is 10.6 Å². The summed E-state index contributed by atoms with van der Waals surface area (Å²) in [6, 6.07) is 23.0. The predicted octanol–water partition coefficient (Wildman–Crippen LogP) is 4.00. The Balaban J connectivity index is 1.20. The first-order chi connectivity index (χ1) is 15.2. The zero-order valence-electron chi connectivity index (χ0n) is 16.5. The summed E-state index contributed by atoms with van der Waals surface area (Å²) < 4.78 is 3.58. The summed E-state index contributed by atoms with van der Waals surface area (Å²) in [7, 11) is 0. The number of para-hydroxylation sites is 1. The van der Waals surface area contributed by atoms with Crippen LogP contribution in [0.1, 0.15) is 0 Å². The molecule has 0 spiro atoms. The number of aromatic nitrogens is 5. The molecule has 152 valence electrons. The minimum absolute atomic E-state index is 0.0814. The van der Waals surface area contributed by atoms with Gasteiger partial charge >= 0.3 is 0 Å². The maximum atomic E-state index is 12.5. The molecule has 0 fully saturated rings. The molecule has 0 aliphatic carbocycles. The van der Waals surface area contributed by atoms with Gasteiger partial charge in [-0.3, -0.25) is 4.79 Å². The van der Waals surface area contributed by atoms with Gasteiger partial charge in [-0.25, -0.2) is 4.68 Å². The Morgan fingerprint density at radius 3 is 2.45 bits per heavy atom. The molecule has 0 unspecified atom stereocenters. The van der Waals surface area contributed by atoms with Crippen LogP contribution in [0.3, 0.4) is 0 Å². The number of carbonyl (C=O) groups is 1. The van der Waals surface area contributed by atoms with Crippen molar-refractivity contribution in [2.45, 2.75) is 6.54 Å². The molecule has 0 atom stereocenters. The van der Waals surface area contributed by atoms with Crippen molar-refractivity contribution in [3.05, 3.63) is 91.4 Å². The number of amides is 1. The molecule has 0 saturated heterocycles. The third-order valence-electron chi connectivity index (χ3n) is 4.82. The molecule has 0 saturated carbocycles. The maximum Gasteiger partial charge on any atom is 0.244 e. The quantitative estimate of drug-likeness (QED) is 0.442. The minimum Gasteiger partial charge on any atom is -0.339 e. The van der Waals surface area contributed by atoms with Crippen LogP contribution in [0, 0.1) is 0 Å². The number of fused-ring (bicyclic) bond motifs is 1. The van der Waals surface area contributed by atoms with Crippen LogP contribution in [-0.2, 0) is 11.3 Å². The van der Waals surface area contributed by atoms with E-state index < -0.39 is 0 Å². The van der Waals surface area contributed by atoms with E-state index in [-0.39, 0.29) is 12.5 Å². The van der Waals surface area contributed by atoms with E-state index in [1.165, 1.54) is 0 Å². The summed E-state index contributed by atoms with van der Waals surface area (Å²) in [5, 5.41) is 19.7. The Labute approximate surface area is 178 Å². The first kappa shape index (κ1) is 18.6. The fourth-order valence-electron chi connectivity index (χ4n) is 3.34. The van der Waals surface area contributed by atoms with Crippen LogP contribution in [0.5, 0.6) is 0 Å². The molecule has 0 bridgehead atoms. The summed E-state index contributed by atoms with van der Waals surface area (Å²) in [4.78, 5) is 12.5. The lowest BCUT2D eigenvalue weighted by Crippen LogP contribution is -2.18. The lowest BCUT2D eigenvalue weighted by atomic mass is 10.2. The number of nitrogens with one attached hydrogen (secondary N) is 2. The molecule has 0 aliphatic rings. The van der Waals surface area contributed by atoms with Crippen LogP contribution in [0.2, 0.25) is 0 Å². The Hall–Kier alpha value is -4.46. The number of rotatable bonds is 6. The zero-order chi connectivity index (χ0) is 21.0. The number of anilines is 3. The van der Waals surface area contributed by atoms with Crippen molar-refractivity contribution in [1.29, 1.82) is 0 Å². The van der Waals surface area contributed by atoms with E-state index in [1.807, 2.05) is 89.8 Å². The average molecular weight is 409 g/mol. The third-order valence-corrected chi connectivity index (χ3v) is 4.82. The number of hydrogen-bond donors (Lipinski definition) is 2. The number of benzene rings is 2. The van der Waals surface area contributed by atoms with Gasteiger partial charge in [0.2, 0.25) is 5.91 Å². The van der Waals surface area contributed by atoms with Gasteiger partial charge in [-0.2, -0.15) is 5.10 Å². The van der Waals surface area contributed by atoms with E-state index in [0.29, 0.717) is 11.6 Å². The Morgan fingerprint density at radius 2 is 1.68 bits per heavy atom. The molecule has 8 heteroatoms. The highest BCUT2D eigenvalue weighted by atomic mass is 16.1.